The minimum atomic E-state index is -1.07. The van der Waals surface area contributed by atoms with Crippen molar-refractivity contribution in [2.75, 3.05) is 5.73 Å². The van der Waals surface area contributed by atoms with Crippen LogP contribution in [-0.2, 0) is 6.54 Å². The van der Waals surface area contributed by atoms with Crippen molar-refractivity contribution in [3.05, 3.63) is 33.9 Å². The number of halogens is 3. The second-order valence-corrected chi connectivity index (χ2v) is 4.84. The van der Waals surface area contributed by atoms with Crippen LogP contribution < -0.4 is 10.5 Å². The summed E-state index contributed by atoms with van der Waals surface area (Å²) in [6.07, 6.45) is 0. The van der Waals surface area contributed by atoms with E-state index in [1.54, 1.807) is 6.92 Å². The number of ether oxygens (including phenoxy) is 1. The number of aromatic nitrogens is 2. The Morgan fingerprint density at radius 2 is 2.11 bits per heavy atom. The van der Waals surface area contributed by atoms with Gasteiger partial charge in [-0.3, -0.25) is 0 Å². The van der Waals surface area contributed by atoms with Gasteiger partial charge in [-0.2, -0.15) is 9.49 Å². The Kier molecular flexibility index (Phi) is 3.75. The van der Waals surface area contributed by atoms with Crippen LogP contribution in [0.5, 0.6) is 11.6 Å². The highest BCUT2D eigenvalue weighted by Crippen LogP contribution is 2.33. The topological polar surface area (TPSA) is 53.1 Å². The molecule has 1 aromatic heterocycles. The summed E-state index contributed by atoms with van der Waals surface area (Å²) in [5.41, 5.74) is 6.70. The van der Waals surface area contributed by atoms with Crippen LogP contribution in [0.15, 0.2) is 16.6 Å². The second kappa shape index (κ2) is 5.16. The zero-order chi connectivity index (χ0) is 14.2. The Hall–Kier alpha value is -1.63. The van der Waals surface area contributed by atoms with Crippen LogP contribution in [0.1, 0.15) is 12.6 Å². The normalized spacial score (nSPS) is 10.8. The van der Waals surface area contributed by atoms with Crippen molar-refractivity contribution in [3.8, 4) is 11.6 Å². The highest BCUT2D eigenvalue weighted by atomic mass is 79.9. The molecule has 0 unspecified atom stereocenters. The molecule has 2 N–H and O–H groups in total. The lowest BCUT2D eigenvalue weighted by atomic mass is 10.3. The number of benzene rings is 1. The van der Waals surface area contributed by atoms with Crippen molar-refractivity contribution >= 4 is 21.6 Å². The SMILES string of the molecule is CCn1nc(C)c(N)c1Oc1cc(Br)cc(F)c1F. The number of aryl methyl sites for hydroxylation is 2. The number of nitrogens with zero attached hydrogens (tertiary/aromatic N) is 2. The van der Waals surface area contributed by atoms with E-state index in [4.69, 9.17) is 10.5 Å². The Labute approximate surface area is 117 Å². The maximum atomic E-state index is 13.7. The van der Waals surface area contributed by atoms with Gasteiger partial charge in [0.25, 0.3) is 0 Å². The summed E-state index contributed by atoms with van der Waals surface area (Å²) in [4.78, 5) is 0. The molecule has 2 aromatic rings. The number of rotatable bonds is 3. The number of hydrogen-bond acceptors (Lipinski definition) is 3. The van der Waals surface area contributed by atoms with Crippen molar-refractivity contribution in [1.29, 1.82) is 0 Å². The molecule has 2 rings (SSSR count). The van der Waals surface area contributed by atoms with Crippen molar-refractivity contribution in [2.24, 2.45) is 0 Å². The molecule has 1 aromatic carbocycles. The summed E-state index contributed by atoms with van der Waals surface area (Å²) in [5, 5.41) is 4.14. The lowest BCUT2D eigenvalue weighted by Crippen LogP contribution is -2.02. The molecule has 0 fully saturated rings. The molecule has 0 saturated carbocycles. The summed E-state index contributed by atoms with van der Waals surface area (Å²) >= 11 is 3.08. The first kappa shape index (κ1) is 13.8. The molecule has 0 amide bonds. The van der Waals surface area contributed by atoms with Gasteiger partial charge in [-0.25, -0.2) is 9.07 Å². The average Bonchev–Trinajstić information content (AvgIpc) is 2.63. The van der Waals surface area contributed by atoms with Gasteiger partial charge in [0.2, 0.25) is 11.7 Å². The summed E-state index contributed by atoms with van der Waals surface area (Å²) < 4.78 is 34.2. The van der Waals surface area contributed by atoms with E-state index in [2.05, 4.69) is 21.0 Å². The Bertz CT molecular complexity index is 628. The van der Waals surface area contributed by atoms with Gasteiger partial charge >= 0.3 is 0 Å². The van der Waals surface area contributed by atoms with Gasteiger partial charge in [-0.05, 0) is 26.0 Å². The van der Waals surface area contributed by atoms with Crippen LogP contribution in [0.2, 0.25) is 0 Å². The van der Waals surface area contributed by atoms with Crippen molar-refractivity contribution in [3.63, 3.8) is 0 Å². The van der Waals surface area contributed by atoms with Gasteiger partial charge in [-0.15, -0.1) is 0 Å². The van der Waals surface area contributed by atoms with E-state index < -0.39 is 11.6 Å². The predicted octanol–water partition coefficient (Wildman–Crippen LogP) is 3.63. The molecule has 0 radical (unpaired) electrons. The van der Waals surface area contributed by atoms with Gasteiger partial charge in [0, 0.05) is 11.0 Å². The minimum Gasteiger partial charge on any atom is -0.434 e. The van der Waals surface area contributed by atoms with Crippen LogP contribution in [0.3, 0.4) is 0 Å². The molecule has 0 saturated heterocycles. The van der Waals surface area contributed by atoms with Gasteiger partial charge in [0.1, 0.15) is 5.69 Å². The molecule has 0 bridgehead atoms. The lowest BCUT2D eigenvalue weighted by molar-refractivity contribution is 0.380. The standard InChI is InChI=1S/C12H12BrF2N3O/c1-3-18-12(11(16)6(2)17-18)19-9-5-7(13)4-8(14)10(9)15/h4-5H,3,16H2,1-2H3. The molecule has 0 spiro atoms. The Morgan fingerprint density at radius 3 is 2.74 bits per heavy atom. The first-order valence-electron chi connectivity index (χ1n) is 5.59. The van der Waals surface area contributed by atoms with E-state index in [0.29, 0.717) is 22.4 Å². The van der Waals surface area contributed by atoms with E-state index >= 15 is 0 Å². The Balaban J connectivity index is 2.47. The number of nitrogens with two attached hydrogens (primary N) is 1. The van der Waals surface area contributed by atoms with Crippen molar-refractivity contribution < 1.29 is 13.5 Å². The van der Waals surface area contributed by atoms with Gasteiger partial charge < -0.3 is 10.5 Å². The van der Waals surface area contributed by atoms with E-state index in [9.17, 15) is 8.78 Å². The van der Waals surface area contributed by atoms with Crippen LogP contribution in [-0.4, -0.2) is 9.78 Å². The van der Waals surface area contributed by atoms with E-state index in [-0.39, 0.29) is 11.6 Å². The molecule has 19 heavy (non-hydrogen) atoms. The predicted molar refractivity (Wildman–Crippen MR) is 71.2 cm³/mol. The molecule has 102 valence electrons. The number of hydrogen-bond donors (Lipinski definition) is 1. The maximum absolute atomic E-state index is 13.7. The molecular formula is C12H12BrF2N3O. The number of nitrogen functional groups attached to an aromatic ring is 1. The lowest BCUT2D eigenvalue weighted by Gasteiger charge is -2.09. The van der Waals surface area contributed by atoms with E-state index in [1.807, 2.05) is 6.92 Å². The summed E-state index contributed by atoms with van der Waals surface area (Å²) in [6, 6.07) is 2.36. The zero-order valence-corrected chi connectivity index (χ0v) is 12.0. The van der Waals surface area contributed by atoms with Crippen LogP contribution in [0.4, 0.5) is 14.5 Å². The largest absolute Gasteiger partial charge is 0.434 e. The Morgan fingerprint density at radius 1 is 1.42 bits per heavy atom. The smallest absolute Gasteiger partial charge is 0.241 e. The third kappa shape index (κ3) is 2.56. The summed E-state index contributed by atoms with van der Waals surface area (Å²) in [6.45, 7) is 4.06. The van der Waals surface area contributed by atoms with E-state index in [0.717, 1.165) is 6.07 Å². The first-order chi connectivity index (χ1) is 8.93. The van der Waals surface area contributed by atoms with Crippen molar-refractivity contribution in [1.82, 2.24) is 9.78 Å². The second-order valence-electron chi connectivity index (χ2n) is 3.92. The fraction of sp³-hybridized carbons (Fsp3) is 0.250. The molecule has 7 heteroatoms. The van der Waals surface area contributed by atoms with Gasteiger partial charge in [0.15, 0.2) is 11.6 Å². The molecule has 0 aliphatic rings. The zero-order valence-electron chi connectivity index (χ0n) is 10.4. The summed E-state index contributed by atoms with van der Waals surface area (Å²) in [5.74, 6) is -2.10. The fourth-order valence-electron chi connectivity index (χ4n) is 1.61. The van der Waals surface area contributed by atoms with Gasteiger partial charge in [0.05, 0.1) is 5.69 Å². The van der Waals surface area contributed by atoms with Gasteiger partial charge in [-0.1, -0.05) is 15.9 Å². The number of anilines is 1. The third-order valence-electron chi connectivity index (χ3n) is 2.59. The van der Waals surface area contributed by atoms with Crippen LogP contribution in [0.25, 0.3) is 0 Å². The van der Waals surface area contributed by atoms with E-state index in [1.165, 1.54) is 10.7 Å². The van der Waals surface area contributed by atoms with Crippen LogP contribution >= 0.6 is 15.9 Å². The molecule has 4 nitrogen and oxygen atoms in total. The highest BCUT2D eigenvalue weighted by molar-refractivity contribution is 9.10. The highest BCUT2D eigenvalue weighted by Gasteiger charge is 2.18. The molecule has 1 heterocycles. The quantitative estimate of drug-likeness (QED) is 0.874. The first-order valence-corrected chi connectivity index (χ1v) is 6.38. The third-order valence-corrected chi connectivity index (χ3v) is 3.05. The molecular weight excluding hydrogens is 320 g/mol. The average molecular weight is 332 g/mol. The van der Waals surface area contributed by atoms with Crippen LogP contribution in [0, 0.1) is 18.6 Å². The maximum Gasteiger partial charge on any atom is 0.241 e. The minimum absolute atomic E-state index is 0.205. The molecule has 0 aliphatic carbocycles. The fourth-order valence-corrected chi connectivity index (χ4v) is 2.02. The van der Waals surface area contributed by atoms with Crippen molar-refractivity contribution in [2.45, 2.75) is 20.4 Å². The molecule has 0 atom stereocenters. The molecule has 0 aliphatic heterocycles. The monoisotopic (exact) mass is 331 g/mol. The summed E-state index contributed by atoms with van der Waals surface area (Å²) in [7, 11) is 0.